The first kappa shape index (κ1) is 10.7. The van der Waals surface area contributed by atoms with Gasteiger partial charge in [-0.05, 0) is 12.5 Å². The molecule has 14 heavy (non-hydrogen) atoms. The van der Waals surface area contributed by atoms with Gasteiger partial charge >= 0.3 is 5.97 Å². The van der Waals surface area contributed by atoms with Gasteiger partial charge in [-0.1, -0.05) is 13.3 Å². The molecule has 0 spiro atoms. The SMILES string of the molecule is CCC[C@@H](N)c1cnccc1C(=O)O. The van der Waals surface area contributed by atoms with E-state index in [1.54, 1.807) is 0 Å². The predicted octanol–water partition coefficient (Wildman–Crippen LogP) is 1.58. The topological polar surface area (TPSA) is 76.2 Å². The molecule has 0 saturated carbocycles. The molecule has 0 fully saturated rings. The second kappa shape index (κ2) is 4.72. The normalized spacial score (nSPS) is 12.4. The van der Waals surface area contributed by atoms with Crippen LogP contribution in [0.4, 0.5) is 0 Å². The number of rotatable bonds is 4. The summed E-state index contributed by atoms with van der Waals surface area (Å²) in [4.78, 5) is 14.7. The number of aromatic nitrogens is 1. The summed E-state index contributed by atoms with van der Waals surface area (Å²) in [6.45, 7) is 2.01. The Kier molecular flexibility index (Phi) is 3.59. The Balaban J connectivity index is 3.00. The van der Waals surface area contributed by atoms with Crippen LogP contribution >= 0.6 is 0 Å². The second-order valence-electron chi connectivity index (χ2n) is 3.16. The van der Waals surface area contributed by atoms with Gasteiger partial charge in [0.1, 0.15) is 0 Å². The standard InChI is InChI=1S/C10H14N2O2/c1-2-3-9(11)8-6-12-5-4-7(8)10(13)14/h4-6,9H,2-3,11H2,1H3,(H,13,14)/t9-/m1/s1. The fraction of sp³-hybridized carbons (Fsp3) is 0.400. The van der Waals surface area contributed by atoms with Crippen LogP contribution in [0.25, 0.3) is 0 Å². The molecule has 1 aromatic heterocycles. The van der Waals surface area contributed by atoms with E-state index in [2.05, 4.69) is 4.98 Å². The van der Waals surface area contributed by atoms with Gasteiger partial charge in [-0.15, -0.1) is 0 Å². The number of aromatic carboxylic acids is 1. The minimum absolute atomic E-state index is 0.236. The van der Waals surface area contributed by atoms with Crippen LogP contribution in [-0.2, 0) is 0 Å². The zero-order valence-electron chi connectivity index (χ0n) is 8.10. The van der Waals surface area contributed by atoms with E-state index >= 15 is 0 Å². The molecule has 0 amide bonds. The monoisotopic (exact) mass is 194 g/mol. The number of nitrogens with zero attached hydrogens (tertiary/aromatic N) is 1. The maximum absolute atomic E-state index is 10.8. The van der Waals surface area contributed by atoms with Gasteiger partial charge in [0.15, 0.2) is 0 Å². The first-order valence-corrected chi connectivity index (χ1v) is 4.59. The van der Waals surface area contributed by atoms with E-state index in [0.29, 0.717) is 5.56 Å². The van der Waals surface area contributed by atoms with Gasteiger partial charge in [-0.3, -0.25) is 4.98 Å². The third-order valence-corrected chi connectivity index (χ3v) is 2.08. The van der Waals surface area contributed by atoms with Gasteiger partial charge in [0.2, 0.25) is 0 Å². The number of hydrogen-bond acceptors (Lipinski definition) is 3. The van der Waals surface area contributed by atoms with Gasteiger partial charge in [-0.2, -0.15) is 0 Å². The molecule has 1 heterocycles. The lowest BCUT2D eigenvalue weighted by Gasteiger charge is -2.12. The smallest absolute Gasteiger partial charge is 0.336 e. The van der Waals surface area contributed by atoms with E-state index in [4.69, 9.17) is 10.8 Å². The van der Waals surface area contributed by atoms with Crippen molar-refractivity contribution in [3.8, 4) is 0 Å². The van der Waals surface area contributed by atoms with Crippen LogP contribution in [0.2, 0.25) is 0 Å². The lowest BCUT2D eigenvalue weighted by molar-refractivity contribution is 0.0695. The van der Waals surface area contributed by atoms with Crippen molar-refractivity contribution in [2.45, 2.75) is 25.8 Å². The number of hydrogen-bond donors (Lipinski definition) is 2. The summed E-state index contributed by atoms with van der Waals surface area (Å²) in [6, 6.07) is 1.24. The zero-order valence-corrected chi connectivity index (χ0v) is 8.10. The van der Waals surface area contributed by atoms with E-state index in [1.165, 1.54) is 18.5 Å². The second-order valence-corrected chi connectivity index (χ2v) is 3.16. The summed E-state index contributed by atoms with van der Waals surface area (Å²) in [5.41, 5.74) is 6.70. The van der Waals surface area contributed by atoms with Crippen LogP contribution in [0.5, 0.6) is 0 Å². The molecule has 0 aliphatic rings. The van der Waals surface area contributed by atoms with Crippen molar-refractivity contribution in [3.63, 3.8) is 0 Å². The first-order valence-electron chi connectivity index (χ1n) is 4.59. The molecule has 0 saturated heterocycles. The molecule has 0 unspecified atom stereocenters. The molecule has 0 aromatic carbocycles. The van der Waals surface area contributed by atoms with Crippen LogP contribution in [-0.4, -0.2) is 16.1 Å². The van der Waals surface area contributed by atoms with E-state index in [9.17, 15) is 4.79 Å². The molecular formula is C10H14N2O2. The molecule has 1 atom stereocenters. The van der Waals surface area contributed by atoms with Crippen molar-refractivity contribution in [3.05, 3.63) is 29.6 Å². The number of pyridine rings is 1. The van der Waals surface area contributed by atoms with Crippen molar-refractivity contribution < 1.29 is 9.90 Å². The van der Waals surface area contributed by atoms with Crippen molar-refractivity contribution >= 4 is 5.97 Å². The van der Waals surface area contributed by atoms with E-state index in [1.807, 2.05) is 6.92 Å². The van der Waals surface area contributed by atoms with E-state index in [-0.39, 0.29) is 11.6 Å². The van der Waals surface area contributed by atoms with E-state index < -0.39 is 5.97 Å². The Morgan fingerprint density at radius 3 is 3.00 bits per heavy atom. The predicted molar refractivity (Wildman–Crippen MR) is 53.0 cm³/mol. The Morgan fingerprint density at radius 2 is 2.43 bits per heavy atom. The van der Waals surface area contributed by atoms with E-state index in [0.717, 1.165) is 12.8 Å². The van der Waals surface area contributed by atoms with Crippen molar-refractivity contribution in [1.82, 2.24) is 4.98 Å². The number of nitrogens with two attached hydrogens (primary N) is 1. The van der Waals surface area contributed by atoms with Gasteiger partial charge in [-0.25, -0.2) is 4.79 Å². The van der Waals surface area contributed by atoms with Crippen molar-refractivity contribution in [1.29, 1.82) is 0 Å². The number of carbonyl (C=O) groups is 1. The fourth-order valence-electron chi connectivity index (χ4n) is 1.36. The highest BCUT2D eigenvalue weighted by atomic mass is 16.4. The Labute approximate surface area is 82.8 Å². The quantitative estimate of drug-likeness (QED) is 0.762. The summed E-state index contributed by atoms with van der Waals surface area (Å²) in [7, 11) is 0. The third kappa shape index (κ3) is 2.29. The highest BCUT2D eigenvalue weighted by molar-refractivity contribution is 5.89. The Bertz CT molecular complexity index is 326. The Hall–Kier alpha value is -1.42. The first-order chi connectivity index (χ1) is 6.66. The molecule has 0 bridgehead atoms. The van der Waals surface area contributed by atoms with Crippen LogP contribution in [0.1, 0.15) is 41.7 Å². The summed E-state index contributed by atoms with van der Waals surface area (Å²) < 4.78 is 0. The Morgan fingerprint density at radius 1 is 1.71 bits per heavy atom. The number of carboxylic acids is 1. The molecule has 1 rings (SSSR count). The van der Waals surface area contributed by atoms with Crippen LogP contribution in [0, 0.1) is 0 Å². The molecule has 0 radical (unpaired) electrons. The number of carboxylic acid groups (broad SMARTS) is 1. The van der Waals surface area contributed by atoms with Crippen LogP contribution in [0.15, 0.2) is 18.5 Å². The van der Waals surface area contributed by atoms with Gasteiger partial charge in [0.25, 0.3) is 0 Å². The van der Waals surface area contributed by atoms with Crippen LogP contribution in [0.3, 0.4) is 0 Å². The maximum Gasteiger partial charge on any atom is 0.336 e. The van der Waals surface area contributed by atoms with Crippen LogP contribution < -0.4 is 5.73 Å². The average Bonchev–Trinajstić information content (AvgIpc) is 2.18. The highest BCUT2D eigenvalue weighted by Gasteiger charge is 2.14. The van der Waals surface area contributed by atoms with Crippen molar-refractivity contribution in [2.24, 2.45) is 5.73 Å². The maximum atomic E-state index is 10.8. The van der Waals surface area contributed by atoms with Gasteiger partial charge in [0, 0.05) is 24.0 Å². The molecule has 3 N–H and O–H groups in total. The molecular weight excluding hydrogens is 180 g/mol. The summed E-state index contributed by atoms with van der Waals surface area (Å²) in [6.07, 6.45) is 4.69. The molecule has 1 aromatic rings. The molecule has 4 nitrogen and oxygen atoms in total. The zero-order chi connectivity index (χ0) is 10.6. The summed E-state index contributed by atoms with van der Waals surface area (Å²) in [5.74, 6) is -0.950. The van der Waals surface area contributed by atoms with Gasteiger partial charge < -0.3 is 10.8 Å². The fourth-order valence-corrected chi connectivity index (χ4v) is 1.36. The average molecular weight is 194 g/mol. The highest BCUT2D eigenvalue weighted by Crippen LogP contribution is 2.18. The molecule has 0 aliphatic heterocycles. The molecule has 4 heteroatoms. The molecule has 0 aliphatic carbocycles. The van der Waals surface area contributed by atoms with Gasteiger partial charge in [0.05, 0.1) is 5.56 Å². The minimum Gasteiger partial charge on any atom is -0.478 e. The minimum atomic E-state index is -0.950. The molecule has 76 valence electrons. The third-order valence-electron chi connectivity index (χ3n) is 2.08. The van der Waals surface area contributed by atoms with Crippen molar-refractivity contribution in [2.75, 3.05) is 0 Å². The summed E-state index contributed by atoms with van der Waals surface area (Å²) >= 11 is 0. The lowest BCUT2D eigenvalue weighted by atomic mass is 10.0. The lowest BCUT2D eigenvalue weighted by Crippen LogP contribution is -2.15. The largest absolute Gasteiger partial charge is 0.478 e. The summed E-state index contributed by atoms with van der Waals surface area (Å²) in [5, 5.41) is 8.90.